The Morgan fingerprint density at radius 3 is 2.78 bits per heavy atom. The number of nitrogens with one attached hydrogen (secondary N) is 1. The summed E-state index contributed by atoms with van der Waals surface area (Å²) in [5.41, 5.74) is 0. The maximum Gasteiger partial charge on any atom is 0.168 e. The molecule has 100 valence electrons. The molecular formula is C13H19F2N3. The average Bonchev–Trinajstić information content (AvgIpc) is 2.38. The Morgan fingerprint density at radius 2 is 2.17 bits per heavy atom. The van der Waals surface area contributed by atoms with E-state index in [1.54, 1.807) is 0 Å². The van der Waals surface area contributed by atoms with Gasteiger partial charge in [-0.15, -0.1) is 0 Å². The molecule has 0 aliphatic carbocycles. The molecule has 5 heteroatoms. The van der Waals surface area contributed by atoms with Crippen LogP contribution in [0, 0.1) is 11.6 Å². The zero-order valence-electron chi connectivity index (χ0n) is 10.8. The van der Waals surface area contributed by atoms with Gasteiger partial charge in [0.25, 0.3) is 0 Å². The molecule has 1 saturated heterocycles. The highest BCUT2D eigenvalue weighted by molar-refractivity contribution is 5.42. The lowest BCUT2D eigenvalue weighted by molar-refractivity contribution is 0.372. The van der Waals surface area contributed by atoms with Crippen molar-refractivity contribution in [3.8, 4) is 0 Å². The molecule has 2 heterocycles. The van der Waals surface area contributed by atoms with Crippen molar-refractivity contribution in [2.45, 2.75) is 38.8 Å². The van der Waals surface area contributed by atoms with Crippen LogP contribution in [-0.4, -0.2) is 30.2 Å². The van der Waals surface area contributed by atoms with E-state index >= 15 is 0 Å². The third-order valence-corrected chi connectivity index (χ3v) is 3.52. The largest absolute Gasteiger partial charge is 0.348 e. The lowest BCUT2D eigenvalue weighted by Crippen LogP contribution is -2.56. The Balaban J connectivity index is 2.26. The predicted octanol–water partition coefficient (Wildman–Crippen LogP) is 2.33. The van der Waals surface area contributed by atoms with Crippen LogP contribution in [0.4, 0.5) is 14.6 Å². The molecular weight excluding hydrogens is 236 g/mol. The van der Waals surface area contributed by atoms with E-state index in [0.29, 0.717) is 12.6 Å². The number of hydrogen-bond donors (Lipinski definition) is 1. The van der Waals surface area contributed by atoms with Crippen molar-refractivity contribution in [3.63, 3.8) is 0 Å². The van der Waals surface area contributed by atoms with Crippen LogP contribution >= 0.6 is 0 Å². The third-order valence-electron chi connectivity index (χ3n) is 3.52. The fourth-order valence-corrected chi connectivity index (χ4v) is 2.38. The zero-order chi connectivity index (χ0) is 13.1. The third kappa shape index (κ3) is 2.61. The molecule has 0 radical (unpaired) electrons. The summed E-state index contributed by atoms with van der Waals surface area (Å²) >= 11 is 0. The maximum atomic E-state index is 13.8. The normalized spacial score (nSPS) is 24.3. The summed E-state index contributed by atoms with van der Waals surface area (Å²) in [6, 6.07) is 1.44. The Morgan fingerprint density at radius 1 is 1.39 bits per heavy atom. The Kier molecular flexibility index (Phi) is 4.11. The lowest BCUT2D eigenvalue weighted by atomic mass is 10.1. The van der Waals surface area contributed by atoms with Crippen molar-refractivity contribution >= 4 is 5.82 Å². The molecule has 2 atom stereocenters. The van der Waals surface area contributed by atoms with Crippen LogP contribution in [0.15, 0.2) is 12.3 Å². The van der Waals surface area contributed by atoms with Crippen LogP contribution in [0.1, 0.15) is 26.7 Å². The van der Waals surface area contributed by atoms with Crippen molar-refractivity contribution in [2.75, 3.05) is 18.0 Å². The Bertz CT molecular complexity index is 411. The molecule has 1 aromatic rings. The molecule has 2 rings (SSSR count). The zero-order valence-corrected chi connectivity index (χ0v) is 10.8. The quantitative estimate of drug-likeness (QED) is 0.898. The lowest BCUT2D eigenvalue weighted by Gasteiger charge is -2.40. The minimum absolute atomic E-state index is 0.209. The van der Waals surface area contributed by atoms with Gasteiger partial charge in [0.1, 0.15) is 5.82 Å². The molecule has 1 aromatic heterocycles. The molecule has 18 heavy (non-hydrogen) atoms. The van der Waals surface area contributed by atoms with E-state index in [9.17, 15) is 8.78 Å². The van der Waals surface area contributed by atoms with Gasteiger partial charge in [-0.05, 0) is 12.8 Å². The average molecular weight is 255 g/mol. The molecule has 1 fully saturated rings. The van der Waals surface area contributed by atoms with Gasteiger partial charge in [0.2, 0.25) is 0 Å². The summed E-state index contributed by atoms with van der Waals surface area (Å²) in [4.78, 5) is 5.87. The second-order valence-electron chi connectivity index (χ2n) is 4.69. The highest BCUT2D eigenvalue weighted by Crippen LogP contribution is 2.23. The molecule has 0 saturated carbocycles. The van der Waals surface area contributed by atoms with E-state index < -0.39 is 11.6 Å². The number of nitrogens with zero attached hydrogens (tertiary/aromatic N) is 2. The van der Waals surface area contributed by atoms with Gasteiger partial charge in [0.05, 0.1) is 6.20 Å². The number of aromatic nitrogens is 1. The van der Waals surface area contributed by atoms with Crippen molar-refractivity contribution in [1.29, 1.82) is 0 Å². The second kappa shape index (κ2) is 5.61. The number of hydrogen-bond acceptors (Lipinski definition) is 3. The number of piperazine rings is 1. The van der Waals surface area contributed by atoms with Crippen molar-refractivity contribution in [2.24, 2.45) is 0 Å². The summed E-state index contributed by atoms with van der Waals surface area (Å²) in [5, 5.41) is 3.43. The molecule has 0 amide bonds. The van der Waals surface area contributed by atoms with Crippen LogP contribution in [0.25, 0.3) is 0 Å². The first-order valence-corrected chi connectivity index (χ1v) is 6.46. The SMILES string of the molecule is CCC1CN(c2ncc(F)cc2F)C(CC)CN1. The molecule has 3 nitrogen and oxygen atoms in total. The minimum atomic E-state index is -0.633. The fraction of sp³-hybridized carbons (Fsp3) is 0.615. The van der Waals surface area contributed by atoms with Gasteiger partial charge in [-0.1, -0.05) is 13.8 Å². The van der Waals surface area contributed by atoms with E-state index in [2.05, 4.69) is 24.1 Å². The second-order valence-corrected chi connectivity index (χ2v) is 4.69. The van der Waals surface area contributed by atoms with Crippen LogP contribution in [0.2, 0.25) is 0 Å². The van der Waals surface area contributed by atoms with E-state index in [0.717, 1.165) is 31.6 Å². The summed E-state index contributed by atoms with van der Waals surface area (Å²) in [6.07, 6.45) is 2.96. The van der Waals surface area contributed by atoms with E-state index in [4.69, 9.17) is 0 Å². The van der Waals surface area contributed by atoms with Gasteiger partial charge >= 0.3 is 0 Å². The first kappa shape index (κ1) is 13.2. The molecule has 0 aromatic carbocycles. The van der Waals surface area contributed by atoms with Crippen LogP contribution in [0.3, 0.4) is 0 Å². The van der Waals surface area contributed by atoms with Gasteiger partial charge in [0, 0.05) is 31.2 Å². The van der Waals surface area contributed by atoms with Gasteiger partial charge in [-0.3, -0.25) is 0 Å². The van der Waals surface area contributed by atoms with E-state index in [1.807, 2.05) is 4.90 Å². The highest BCUT2D eigenvalue weighted by atomic mass is 19.1. The molecule has 2 unspecified atom stereocenters. The summed E-state index contributed by atoms with van der Waals surface area (Å²) in [7, 11) is 0. The van der Waals surface area contributed by atoms with Crippen LogP contribution in [0.5, 0.6) is 0 Å². The molecule has 0 spiro atoms. The molecule has 0 bridgehead atoms. The van der Waals surface area contributed by atoms with Crippen LogP contribution < -0.4 is 10.2 Å². The summed E-state index contributed by atoms with van der Waals surface area (Å²) in [6.45, 7) is 5.68. The smallest absolute Gasteiger partial charge is 0.168 e. The first-order valence-electron chi connectivity index (χ1n) is 6.46. The standard InChI is InChI=1S/C13H19F2N3/c1-3-10-8-18(11(4-2)7-16-10)13-12(15)5-9(14)6-17-13/h5-6,10-11,16H,3-4,7-8H2,1-2H3. The monoisotopic (exact) mass is 255 g/mol. The van der Waals surface area contributed by atoms with Gasteiger partial charge in [-0.2, -0.15) is 0 Å². The fourth-order valence-electron chi connectivity index (χ4n) is 2.38. The van der Waals surface area contributed by atoms with Gasteiger partial charge in [0.15, 0.2) is 11.6 Å². The first-order chi connectivity index (χ1) is 8.65. The topological polar surface area (TPSA) is 28.2 Å². The molecule has 1 aliphatic rings. The van der Waals surface area contributed by atoms with E-state index in [-0.39, 0.29) is 11.9 Å². The number of anilines is 1. The number of pyridine rings is 1. The summed E-state index contributed by atoms with van der Waals surface area (Å²) in [5.74, 6) is -0.945. The van der Waals surface area contributed by atoms with Crippen molar-refractivity contribution in [1.82, 2.24) is 10.3 Å². The number of rotatable bonds is 3. The maximum absolute atomic E-state index is 13.8. The van der Waals surface area contributed by atoms with Gasteiger partial charge in [-0.25, -0.2) is 13.8 Å². The Hall–Kier alpha value is -1.23. The summed E-state index contributed by atoms with van der Waals surface area (Å²) < 4.78 is 26.7. The van der Waals surface area contributed by atoms with E-state index in [1.165, 1.54) is 0 Å². The predicted molar refractivity (Wildman–Crippen MR) is 67.7 cm³/mol. The number of halogens is 2. The van der Waals surface area contributed by atoms with Crippen molar-refractivity contribution in [3.05, 3.63) is 23.9 Å². The highest BCUT2D eigenvalue weighted by Gasteiger charge is 2.28. The molecule has 1 N–H and O–H groups in total. The molecule has 1 aliphatic heterocycles. The van der Waals surface area contributed by atoms with Crippen molar-refractivity contribution < 1.29 is 8.78 Å². The minimum Gasteiger partial charge on any atom is -0.348 e. The van der Waals surface area contributed by atoms with Crippen LogP contribution in [-0.2, 0) is 0 Å². The Labute approximate surface area is 106 Å². The van der Waals surface area contributed by atoms with Gasteiger partial charge < -0.3 is 10.2 Å².